The first-order valence-corrected chi connectivity index (χ1v) is 8.27. The van der Waals surface area contributed by atoms with Gasteiger partial charge in [-0.2, -0.15) is 0 Å². The highest BCUT2D eigenvalue weighted by molar-refractivity contribution is 7.99. The van der Waals surface area contributed by atoms with Crippen molar-refractivity contribution in [2.24, 2.45) is 0 Å². The molecule has 0 N–H and O–H groups in total. The minimum absolute atomic E-state index is 0.753. The Kier molecular flexibility index (Phi) is 4.26. The summed E-state index contributed by atoms with van der Waals surface area (Å²) < 4.78 is 17.4. The number of methoxy groups -OCH3 is 2. The van der Waals surface area contributed by atoms with Crippen LogP contribution in [0.1, 0.15) is 16.7 Å². The summed E-state index contributed by atoms with van der Waals surface area (Å²) in [5.41, 5.74) is 3.95. The molecule has 3 nitrogen and oxygen atoms in total. The number of fused-ring (bicyclic) bond motifs is 1. The van der Waals surface area contributed by atoms with Gasteiger partial charge in [-0.15, -0.1) is 0 Å². The van der Waals surface area contributed by atoms with Crippen LogP contribution in [0.2, 0.25) is 0 Å². The van der Waals surface area contributed by atoms with Crippen LogP contribution < -0.4 is 9.47 Å². The number of ether oxygens (including phenoxy) is 2. The molecule has 0 unspecified atom stereocenters. The minimum Gasteiger partial charge on any atom is -0.496 e. The second-order valence-corrected chi connectivity index (χ2v) is 6.50. The molecule has 3 rings (SSSR count). The van der Waals surface area contributed by atoms with Crippen LogP contribution in [0.25, 0.3) is 11.0 Å². The van der Waals surface area contributed by atoms with E-state index in [1.807, 2.05) is 32.0 Å². The number of benzene rings is 2. The first-order chi connectivity index (χ1) is 11.1. The fourth-order valence-electron chi connectivity index (χ4n) is 2.82. The van der Waals surface area contributed by atoms with Gasteiger partial charge < -0.3 is 13.9 Å². The highest BCUT2D eigenvalue weighted by Gasteiger charge is 2.23. The zero-order valence-corrected chi connectivity index (χ0v) is 14.8. The van der Waals surface area contributed by atoms with Crippen molar-refractivity contribution in [3.05, 3.63) is 47.0 Å². The maximum atomic E-state index is 6.16. The van der Waals surface area contributed by atoms with Gasteiger partial charge >= 0.3 is 0 Å². The zero-order valence-electron chi connectivity index (χ0n) is 14.0. The van der Waals surface area contributed by atoms with Crippen LogP contribution in [0.15, 0.2) is 44.7 Å². The average Bonchev–Trinajstić information content (AvgIpc) is 2.87. The summed E-state index contributed by atoms with van der Waals surface area (Å²) in [6, 6.07) is 10.2. The quantitative estimate of drug-likeness (QED) is 0.630. The predicted octanol–water partition coefficient (Wildman–Crippen LogP) is 5.53. The van der Waals surface area contributed by atoms with Gasteiger partial charge in [0.15, 0.2) is 16.4 Å². The molecule has 2 aromatic carbocycles. The van der Waals surface area contributed by atoms with Gasteiger partial charge in [-0.1, -0.05) is 30.0 Å². The molecule has 0 bridgehead atoms. The van der Waals surface area contributed by atoms with E-state index < -0.39 is 0 Å². The molecule has 0 amide bonds. The van der Waals surface area contributed by atoms with Crippen LogP contribution in [-0.4, -0.2) is 14.2 Å². The molecule has 0 aliphatic rings. The molecule has 0 saturated carbocycles. The Labute approximate surface area is 140 Å². The van der Waals surface area contributed by atoms with Crippen molar-refractivity contribution in [2.75, 3.05) is 14.2 Å². The second kappa shape index (κ2) is 6.20. The van der Waals surface area contributed by atoms with Gasteiger partial charge in [-0.3, -0.25) is 0 Å². The number of aryl methyl sites for hydroxylation is 1. The predicted molar refractivity (Wildman–Crippen MR) is 94.1 cm³/mol. The summed E-state index contributed by atoms with van der Waals surface area (Å²) in [6.07, 6.45) is 0. The standard InChI is InChI=1S/C19H20O3S/c1-11-12(2)17(21-5)18-15(16(11)20-4)13(3)19(22-18)23-14-9-7-6-8-10-14/h6-10H,1-5H3. The lowest BCUT2D eigenvalue weighted by atomic mass is 10.0. The Morgan fingerprint density at radius 2 is 1.43 bits per heavy atom. The van der Waals surface area contributed by atoms with E-state index in [0.717, 1.165) is 49.1 Å². The third kappa shape index (κ3) is 2.57. The van der Waals surface area contributed by atoms with E-state index in [0.29, 0.717) is 0 Å². The van der Waals surface area contributed by atoms with E-state index >= 15 is 0 Å². The molecule has 0 atom stereocenters. The number of rotatable bonds is 4. The van der Waals surface area contributed by atoms with Crippen LogP contribution >= 0.6 is 11.8 Å². The van der Waals surface area contributed by atoms with Crippen LogP contribution in [0.4, 0.5) is 0 Å². The summed E-state index contributed by atoms with van der Waals surface area (Å²) in [7, 11) is 3.37. The summed E-state index contributed by atoms with van der Waals surface area (Å²) in [5.74, 6) is 1.64. The van der Waals surface area contributed by atoms with Crippen LogP contribution in [0.5, 0.6) is 11.5 Å². The van der Waals surface area contributed by atoms with Gasteiger partial charge in [0.2, 0.25) is 0 Å². The Morgan fingerprint density at radius 1 is 0.826 bits per heavy atom. The van der Waals surface area contributed by atoms with Gasteiger partial charge in [-0.25, -0.2) is 0 Å². The fourth-order valence-corrected chi connectivity index (χ4v) is 3.71. The first-order valence-electron chi connectivity index (χ1n) is 7.45. The minimum atomic E-state index is 0.753. The highest BCUT2D eigenvalue weighted by Crippen LogP contribution is 2.47. The Bertz CT molecular complexity index is 850. The molecule has 1 heterocycles. The van der Waals surface area contributed by atoms with E-state index in [2.05, 4.69) is 19.1 Å². The summed E-state index contributed by atoms with van der Waals surface area (Å²) in [5, 5.41) is 1.86. The van der Waals surface area contributed by atoms with Crippen molar-refractivity contribution >= 4 is 22.7 Å². The largest absolute Gasteiger partial charge is 0.496 e. The third-order valence-corrected chi connectivity index (χ3v) is 5.22. The average molecular weight is 328 g/mol. The van der Waals surface area contributed by atoms with Crippen LogP contribution in [0, 0.1) is 20.8 Å². The Hall–Kier alpha value is -2.07. The third-order valence-electron chi connectivity index (χ3n) is 4.14. The molecular formula is C19H20O3S. The highest BCUT2D eigenvalue weighted by atomic mass is 32.2. The summed E-state index contributed by atoms with van der Waals surface area (Å²) in [6.45, 7) is 6.14. The van der Waals surface area contributed by atoms with E-state index in [4.69, 9.17) is 13.9 Å². The number of hydrogen-bond donors (Lipinski definition) is 0. The molecule has 0 fully saturated rings. The molecule has 1 aromatic heterocycles. The van der Waals surface area contributed by atoms with Gasteiger partial charge in [0.25, 0.3) is 0 Å². The van der Waals surface area contributed by atoms with Crippen LogP contribution in [0.3, 0.4) is 0 Å². The number of hydrogen-bond acceptors (Lipinski definition) is 4. The molecule has 0 spiro atoms. The molecular weight excluding hydrogens is 308 g/mol. The maximum Gasteiger partial charge on any atom is 0.181 e. The Balaban J connectivity index is 2.25. The molecule has 0 aliphatic heterocycles. The van der Waals surface area contributed by atoms with Crippen molar-refractivity contribution in [3.8, 4) is 11.5 Å². The van der Waals surface area contributed by atoms with Gasteiger partial charge in [0.05, 0.1) is 19.6 Å². The fraction of sp³-hybridized carbons (Fsp3) is 0.263. The first kappa shape index (κ1) is 15.8. The molecule has 0 aliphatic carbocycles. The van der Waals surface area contributed by atoms with Crippen molar-refractivity contribution < 1.29 is 13.9 Å². The summed E-state index contributed by atoms with van der Waals surface area (Å²) >= 11 is 1.61. The van der Waals surface area contributed by atoms with E-state index in [9.17, 15) is 0 Å². The molecule has 3 aromatic rings. The van der Waals surface area contributed by atoms with Gasteiger partial charge in [0.1, 0.15) is 5.75 Å². The van der Waals surface area contributed by atoms with Gasteiger partial charge in [0, 0.05) is 16.0 Å². The topological polar surface area (TPSA) is 31.6 Å². The molecule has 0 radical (unpaired) electrons. The smallest absolute Gasteiger partial charge is 0.181 e. The van der Waals surface area contributed by atoms with Crippen molar-refractivity contribution in [1.29, 1.82) is 0 Å². The van der Waals surface area contributed by atoms with E-state index in [-0.39, 0.29) is 0 Å². The normalized spacial score (nSPS) is 11.0. The van der Waals surface area contributed by atoms with Crippen LogP contribution in [-0.2, 0) is 0 Å². The monoisotopic (exact) mass is 328 g/mol. The van der Waals surface area contributed by atoms with Crippen molar-refractivity contribution in [3.63, 3.8) is 0 Å². The Morgan fingerprint density at radius 3 is 2.04 bits per heavy atom. The SMILES string of the molecule is COc1c(C)c(C)c(OC)c2c(C)c(Sc3ccccc3)oc12. The molecule has 120 valence electrons. The van der Waals surface area contributed by atoms with E-state index in [1.165, 1.54) is 0 Å². The second-order valence-electron chi connectivity index (χ2n) is 5.45. The lowest BCUT2D eigenvalue weighted by Gasteiger charge is -2.13. The van der Waals surface area contributed by atoms with Crippen molar-refractivity contribution in [1.82, 2.24) is 0 Å². The molecule has 0 saturated heterocycles. The number of furan rings is 1. The molecule has 4 heteroatoms. The maximum absolute atomic E-state index is 6.16. The lowest BCUT2D eigenvalue weighted by molar-refractivity contribution is 0.394. The zero-order chi connectivity index (χ0) is 16.6. The lowest BCUT2D eigenvalue weighted by Crippen LogP contribution is -1.96. The molecule has 23 heavy (non-hydrogen) atoms. The summed E-state index contributed by atoms with van der Waals surface area (Å²) in [4.78, 5) is 1.14. The van der Waals surface area contributed by atoms with E-state index in [1.54, 1.807) is 26.0 Å². The van der Waals surface area contributed by atoms with Gasteiger partial charge in [-0.05, 0) is 38.5 Å². The van der Waals surface area contributed by atoms with Crippen molar-refractivity contribution in [2.45, 2.75) is 30.8 Å².